The maximum absolute atomic E-state index is 2.42. The zero-order chi connectivity index (χ0) is 9.73. The van der Waals surface area contributed by atoms with E-state index in [0.29, 0.717) is 5.41 Å². The molecule has 0 nitrogen and oxygen atoms in total. The first-order valence-electron chi connectivity index (χ1n) is 5.59. The molecule has 0 saturated carbocycles. The smallest absolute Gasteiger partial charge is 0.0113 e. The summed E-state index contributed by atoms with van der Waals surface area (Å²) in [5.74, 6) is 0. The van der Waals surface area contributed by atoms with Crippen LogP contribution in [0.15, 0.2) is 23.8 Å². The fourth-order valence-corrected chi connectivity index (χ4v) is 2.03. The number of hydrogen-bond donors (Lipinski definition) is 0. The summed E-state index contributed by atoms with van der Waals surface area (Å²) in [4.78, 5) is 0. The molecule has 1 atom stereocenters. The summed E-state index contributed by atoms with van der Waals surface area (Å²) in [6.45, 7) is 7.01. The summed E-state index contributed by atoms with van der Waals surface area (Å²) < 4.78 is 0. The highest BCUT2D eigenvalue weighted by Gasteiger charge is 2.25. The van der Waals surface area contributed by atoms with E-state index in [1.165, 1.54) is 32.1 Å². The Morgan fingerprint density at radius 3 is 2.62 bits per heavy atom. The Hall–Kier alpha value is -0.520. The summed E-state index contributed by atoms with van der Waals surface area (Å²) in [6.07, 6.45) is 13.3. The third kappa shape index (κ3) is 2.46. The topological polar surface area (TPSA) is 0 Å². The molecule has 0 aromatic rings. The number of allylic oxidation sites excluding steroid dienone is 4. The first-order chi connectivity index (χ1) is 6.23. The molecule has 0 aliphatic heterocycles. The van der Waals surface area contributed by atoms with Gasteiger partial charge in [0.1, 0.15) is 0 Å². The second-order valence-corrected chi connectivity index (χ2v) is 4.34. The molecule has 0 bridgehead atoms. The molecule has 1 unspecified atom stereocenters. The minimum Gasteiger partial charge on any atom is -0.0804 e. The van der Waals surface area contributed by atoms with Crippen molar-refractivity contribution >= 4 is 0 Å². The first-order valence-corrected chi connectivity index (χ1v) is 5.59. The highest BCUT2D eigenvalue weighted by molar-refractivity contribution is 5.28. The van der Waals surface area contributed by atoms with Crippen LogP contribution in [-0.2, 0) is 0 Å². The summed E-state index contributed by atoms with van der Waals surface area (Å²) in [5, 5.41) is 0. The molecule has 0 radical (unpaired) electrons. The van der Waals surface area contributed by atoms with E-state index in [2.05, 4.69) is 39.0 Å². The van der Waals surface area contributed by atoms with Crippen LogP contribution in [-0.4, -0.2) is 0 Å². The van der Waals surface area contributed by atoms with Crippen molar-refractivity contribution in [2.45, 2.75) is 52.9 Å². The lowest BCUT2D eigenvalue weighted by Gasteiger charge is -2.30. The minimum absolute atomic E-state index is 0.472. The van der Waals surface area contributed by atoms with E-state index in [0.717, 1.165) is 0 Å². The van der Waals surface area contributed by atoms with E-state index in [-0.39, 0.29) is 0 Å². The van der Waals surface area contributed by atoms with Crippen LogP contribution in [0, 0.1) is 5.41 Å². The van der Waals surface area contributed by atoms with Gasteiger partial charge in [-0.3, -0.25) is 0 Å². The fourth-order valence-electron chi connectivity index (χ4n) is 2.03. The molecular formula is C13H22. The van der Waals surface area contributed by atoms with Crippen molar-refractivity contribution < 1.29 is 0 Å². The van der Waals surface area contributed by atoms with E-state index in [4.69, 9.17) is 0 Å². The van der Waals surface area contributed by atoms with Gasteiger partial charge in [0.15, 0.2) is 0 Å². The van der Waals surface area contributed by atoms with Crippen LogP contribution in [0.2, 0.25) is 0 Å². The summed E-state index contributed by atoms with van der Waals surface area (Å²) >= 11 is 0. The van der Waals surface area contributed by atoms with Gasteiger partial charge in [0.25, 0.3) is 0 Å². The average molecular weight is 178 g/mol. The Balaban J connectivity index is 2.57. The fraction of sp³-hybridized carbons (Fsp3) is 0.692. The third-order valence-electron chi connectivity index (χ3n) is 3.41. The maximum Gasteiger partial charge on any atom is -0.0113 e. The van der Waals surface area contributed by atoms with Crippen LogP contribution in [0.1, 0.15) is 52.9 Å². The first kappa shape index (κ1) is 10.6. The van der Waals surface area contributed by atoms with Crippen molar-refractivity contribution in [2.24, 2.45) is 5.41 Å². The van der Waals surface area contributed by atoms with Crippen LogP contribution in [0.25, 0.3) is 0 Å². The number of hydrogen-bond acceptors (Lipinski definition) is 0. The van der Waals surface area contributed by atoms with Gasteiger partial charge in [-0.25, -0.2) is 0 Å². The molecule has 0 fully saturated rings. The summed E-state index contributed by atoms with van der Waals surface area (Å²) in [5.41, 5.74) is 2.11. The van der Waals surface area contributed by atoms with Crippen molar-refractivity contribution in [3.05, 3.63) is 23.8 Å². The van der Waals surface area contributed by atoms with Gasteiger partial charge in [0.05, 0.1) is 0 Å². The molecule has 74 valence electrons. The lowest BCUT2D eigenvalue weighted by molar-refractivity contribution is 0.335. The van der Waals surface area contributed by atoms with Gasteiger partial charge in [-0.2, -0.15) is 0 Å². The lowest BCUT2D eigenvalue weighted by atomic mass is 9.75. The molecule has 0 N–H and O–H groups in total. The van der Waals surface area contributed by atoms with E-state index in [9.17, 15) is 0 Å². The second-order valence-electron chi connectivity index (χ2n) is 4.34. The molecule has 0 aromatic carbocycles. The van der Waals surface area contributed by atoms with Crippen LogP contribution in [0.5, 0.6) is 0 Å². The number of rotatable bonds is 5. The molecular weight excluding hydrogens is 156 g/mol. The van der Waals surface area contributed by atoms with Crippen molar-refractivity contribution in [1.29, 1.82) is 0 Å². The molecule has 0 aromatic heterocycles. The van der Waals surface area contributed by atoms with Crippen LogP contribution < -0.4 is 0 Å². The normalized spacial score (nSPS) is 20.1. The van der Waals surface area contributed by atoms with E-state index in [1.807, 2.05) is 0 Å². The Morgan fingerprint density at radius 1 is 1.38 bits per heavy atom. The SMILES string of the molecule is CCCCC(C)(CC)C1=CC=CC1. The van der Waals surface area contributed by atoms with E-state index in [1.54, 1.807) is 5.57 Å². The predicted octanol–water partition coefficient (Wildman–Crippen LogP) is 4.48. The second kappa shape index (κ2) is 4.64. The molecule has 1 aliphatic rings. The molecule has 13 heavy (non-hydrogen) atoms. The molecule has 0 heteroatoms. The Morgan fingerprint density at radius 2 is 2.15 bits per heavy atom. The maximum atomic E-state index is 2.42. The Labute approximate surface area is 82.7 Å². The quantitative estimate of drug-likeness (QED) is 0.582. The Bertz CT molecular complexity index is 210. The highest BCUT2D eigenvalue weighted by Crippen LogP contribution is 2.39. The molecule has 0 spiro atoms. The molecule has 0 saturated heterocycles. The zero-order valence-corrected chi connectivity index (χ0v) is 9.27. The van der Waals surface area contributed by atoms with E-state index < -0.39 is 0 Å². The van der Waals surface area contributed by atoms with E-state index >= 15 is 0 Å². The predicted molar refractivity (Wildman–Crippen MR) is 59.8 cm³/mol. The third-order valence-corrected chi connectivity index (χ3v) is 3.41. The zero-order valence-electron chi connectivity index (χ0n) is 9.27. The van der Waals surface area contributed by atoms with Gasteiger partial charge in [-0.05, 0) is 24.7 Å². The van der Waals surface area contributed by atoms with Crippen LogP contribution >= 0.6 is 0 Å². The molecule has 1 aliphatic carbocycles. The Kier molecular flexibility index (Phi) is 3.77. The molecule has 0 amide bonds. The monoisotopic (exact) mass is 178 g/mol. The standard InChI is InChI=1S/C13H22/c1-4-6-11-13(3,5-2)12-9-7-8-10-12/h7-9H,4-6,10-11H2,1-3H3. The van der Waals surface area contributed by atoms with Crippen molar-refractivity contribution in [3.8, 4) is 0 Å². The van der Waals surface area contributed by atoms with Crippen molar-refractivity contribution in [2.75, 3.05) is 0 Å². The minimum atomic E-state index is 0.472. The largest absolute Gasteiger partial charge is 0.0804 e. The average Bonchev–Trinajstić information content (AvgIpc) is 2.67. The van der Waals surface area contributed by atoms with Gasteiger partial charge in [-0.1, -0.05) is 57.4 Å². The van der Waals surface area contributed by atoms with Gasteiger partial charge in [0.2, 0.25) is 0 Å². The molecule has 1 rings (SSSR count). The van der Waals surface area contributed by atoms with Gasteiger partial charge >= 0.3 is 0 Å². The van der Waals surface area contributed by atoms with Gasteiger partial charge in [0, 0.05) is 0 Å². The van der Waals surface area contributed by atoms with Crippen LogP contribution in [0.4, 0.5) is 0 Å². The highest BCUT2D eigenvalue weighted by atomic mass is 14.3. The van der Waals surface area contributed by atoms with Gasteiger partial charge < -0.3 is 0 Å². The van der Waals surface area contributed by atoms with Crippen molar-refractivity contribution in [1.82, 2.24) is 0 Å². The van der Waals surface area contributed by atoms with Crippen molar-refractivity contribution in [3.63, 3.8) is 0 Å². The summed E-state index contributed by atoms with van der Waals surface area (Å²) in [7, 11) is 0. The summed E-state index contributed by atoms with van der Waals surface area (Å²) in [6, 6.07) is 0. The lowest BCUT2D eigenvalue weighted by Crippen LogP contribution is -2.17. The molecule has 0 heterocycles. The number of unbranched alkanes of at least 4 members (excludes halogenated alkanes) is 1. The van der Waals surface area contributed by atoms with Crippen LogP contribution in [0.3, 0.4) is 0 Å². The van der Waals surface area contributed by atoms with Gasteiger partial charge in [-0.15, -0.1) is 0 Å².